The molecule has 1 N–H and O–H groups in total. The number of benzene rings is 2. The normalized spacial score (nSPS) is 13.8. The molecule has 0 saturated carbocycles. The monoisotopic (exact) mass is 368 g/mol. The molecule has 1 aromatic heterocycles. The van der Waals surface area contributed by atoms with Crippen molar-refractivity contribution in [1.29, 1.82) is 0 Å². The first-order valence-electron chi connectivity index (χ1n) is 8.55. The summed E-state index contributed by atoms with van der Waals surface area (Å²) in [6, 6.07) is 14.0. The Kier molecular flexibility index (Phi) is 4.77. The number of aryl methyl sites for hydroxylation is 1. The van der Waals surface area contributed by atoms with Crippen molar-refractivity contribution >= 4 is 17.0 Å². The fourth-order valence-corrected chi connectivity index (χ4v) is 3.93. The summed E-state index contributed by atoms with van der Waals surface area (Å²) in [6.07, 6.45) is 0. The molecule has 0 saturated heterocycles. The predicted octanol–water partition coefficient (Wildman–Crippen LogP) is 3.52. The lowest BCUT2D eigenvalue weighted by atomic mass is 10.1. The number of hydrogen-bond acceptors (Lipinski definition) is 5. The summed E-state index contributed by atoms with van der Waals surface area (Å²) in [5, 5.41) is 11.6. The molecule has 0 radical (unpaired) electrons. The molecule has 2 aromatic carbocycles. The smallest absolute Gasteiger partial charge is 0.190 e. The Bertz CT molecular complexity index is 991. The van der Waals surface area contributed by atoms with E-state index in [1.54, 1.807) is 11.3 Å². The van der Waals surface area contributed by atoms with Gasteiger partial charge in [-0.25, -0.2) is 4.99 Å². The zero-order valence-electron chi connectivity index (χ0n) is 14.5. The first kappa shape index (κ1) is 16.9. The third-order valence-electron chi connectivity index (χ3n) is 4.19. The average molecular weight is 368 g/mol. The lowest BCUT2D eigenvalue weighted by molar-refractivity contribution is 0.171. The van der Waals surface area contributed by atoms with E-state index in [4.69, 9.17) is 14.5 Å². The van der Waals surface area contributed by atoms with Crippen molar-refractivity contribution in [3.63, 3.8) is 0 Å². The van der Waals surface area contributed by atoms with Crippen molar-refractivity contribution in [1.82, 2.24) is 4.57 Å². The Morgan fingerprint density at radius 1 is 1.12 bits per heavy atom. The Labute approximate surface area is 155 Å². The molecule has 0 amide bonds. The molecular weight excluding hydrogens is 348 g/mol. The van der Waals surface area contributed by atoms with Gasteiger partial charge in [0.25, 0.3) is 0 Å². The van der Waals surface area contributed by atoms with Gasteiger partial charge in [-0.15, -0.1) is 11.3 Å². The van der Waals surface area contributed by atoms with Crippen LogP contribution in [0, 0.1) is 6.92 Å². The lowest BCUT2D eigenvalue weighted by Gasteiger charge is -2.19. The van der Waals surface area contributed by atoms with Gasteiger partial charge in [0.05, 0.1) is 18.0 Å². The fourth-order valence-electron chi connectivity index (χ4n) is 2.98. The Hall–Kier alpha value is -2.57. The third kappa shape index (κ3) is 3.38. The van der Waals surface area contributed by atoms with Gasteiger partial charge in [-0.05, 0) is 42.8 Å². The maximum absolute atomic E-state index is 9.53. The Morgan fingerprint density at radius 3 is 2.77 bits per heavy atom. The van der Waals surface area contributed by atoms with E-state index < -0.39 is 0 Å². The van der Waals surface area contributed by atoms with Gasteiger partial charge in [0, 0.05) is 17.5 Å². The highest BCUT2D eigenvalue weighted by Gasteiger charge is 2.15. The van der Waals surface area contributed by atoms with E-state index in [9.17, 15) is 5.11 Å². The standard InChI is InChI=1S/C20H20N2O3S/c1-14-3-2-4-16(11-14)21-20-22(7-8-23)17(13-26-20)15-5-6-18-19(12-15)25-10-9-24-18/h2-6,11-13,23H,7-10H2,1H3. The van der Waals surface area contributed by atoms with Gasteiger partial charge in [0.2, 0.25) is 0 Å². The third-order valence-corrected chi connectivity index (χ3v) is 5.05. The minimum absolute atomic E-state index is 0.0509. The van der Waals surface area contributed by atoms with E-state index in [2.05, 4.69) is 18.4 Å². The first-order chi connectivity index (χ1) is 12.7. The summed E-state index contributed by atoms with van der Waals surface area (Å²) >= 11 is 1.56. The van der Waals surface area contributed by atoms with Gasteiger partial charge in [0.1, 0.15) is 13.2 Å². The summed E-state index contributed by atoms with van der Waals surface area (Å²) in [4.78, 5) is 5.62. The summed E-state index contributed by atoms with van der Waals surface area (Å²) in [5.74, 6) is 1.53. The van der Waals surface area contributed by atoms with Crippen LogP contribution in [0.15, 0.2) is 52.8 Å². The van der Waals surface area contributed by atoms with Crippen LogP contribution in [-0.2, 0) is 6.54 Å². The van der Waals surface area contributed by atoms with E-state index in [-0.39, 0.29) is 6.61 Å². The number of aromatic nitrogens is 1. The second kappa shape index (κ2) is 7.35. The molecule has 0 aliphatic carbocycles. The van der Waals surface area contributed by atoms with Crippen molar-refractivity contribution in [2.75, 3.05) is 19.8 Å². The predicted molar refractivity (Wildman–Crippen MR) is 102 cm³/mol. The number of aliphatic hydroxyl groups is 1. The number of fused-ring (bicyclic) bond motifs is 1. The molecule has 6 heteroatoms. The summed E-state index contributed by atoms with van der Waals surface area (Å²) in [7, 11) is 0. The van der Waals surface area contributed by atoms with Crippen molar-refractivity contribution in [3.8, 4) is 22.8 Å². The van der Waals surface area contributed by atoms with Crippen LogP contribution in [0.25, 0.3) is 11.3 Å². The van der Waals surface area contributed by atoms with Gasteiger partial charge < -0.3 is 19.1 Å². The molecular formula is C20H20N2O3S. The molecule has 1 aliphatic rings. The quantitative estimate of drug-likeness (QED) is 0.767. The topological polar surface area (TPSA) is 56.0 Å². The molecule has 5 nitrogen and oxygen atoms in total. The van der Waals surface area contributed by atoms with Gasteiger partial charge in [-0.3, -0.25) is 0 Å². The van der Waals surface area contributed by atoms with Crippen molar-refractivity contribution in [3.05, 3.63) is 58.2 Å². The summed E-state index contributed by atoms with van der Waals surface area (Å²) in [5.41, 5.74) is 4.10. The second-order valence-corrected chi connectivity index (χ2v) is 6.92. The van der Waals surface area contributed by atoms with E-state index in [1.165, 1.54) is 5.56 Å². The van der Waals surface area contributed by atoms with Crippen LogP contribution in [0.2, 0.25) is 0 Å². The lowest BCUT2D eigenvalue weighted by Crippen LogP contribution is -2.18. The minimum atomic E-state index is 0.0509. The maximum atomic E-state index is 9.53. The zero-order valence-corrected chi connectivity index (χ0v) is 15.3. The average Bonchev–Trinajstić information content (AvgIpc) is 3.04. The van der Waals surface area contributed by atoms with Crippen LogP contribution in [0.3, 0.4) is 0 Å². The highest BCUT2D eigenvalue weighted by molar-refractivity contribution is 7.07. The summed E-state index contributed by atoms with van der Waals surface area (Å²) in [6.45, 7) is 3.72. The summed E-state index contributed by atoms with van der Waals surface area (Å²) < 4.78 is 13.3. The molecule has 0 fully saturated rings. The van der Waals surface area contributed by atoms with Crippen LogP contribution in [0.4, 0.5) is 5.69 Å². The SMILES string of the molecule is Cc1cccc(N=c2scc(-c3ccc4c(c3)OCCO4)n2CCO)c1. The minimum Gasteiger partial charge on any atom is -0.486 e. The zero-order chi connectivity index (χ0) is 17.9. The molecule has 134 valence electrons. The van der Waals surface area contributed by atoms with Gasteiger partial charge in [0.15, 0.2) is 16.3 Å². The van der Waals surface area contributed by atoms with Crippen LogP contribution >= 0.6 is 11.3 Å². The van der Waals surface area contributed by atoms with Gasteiger partial charge >= 0.3 is 0 Å². The number of aliphatic hydroxyl groups excluding tert-OH is 1. The molecule has 4 rings (SSSR count). The van der Waals surface area contributed by atoms with Crippen LogP contribution in [0.1, 0.15) is 5.56 Å². The van der Waals surface area contributed by atoms with Gasteiger partial charge in [-0.1, -0.05) is 12.1 Å². The van der Waals surface area contributed by atoms with Crippen molar-refractivity contribution in [2.45, 2.75) is 13.5 Å². The maximum Gasteiger partial charge on any atom is 0.190 e. The fraction of sp³-hybridized carbons (Fsp3) is 0.250. The Morgan fingerprint density at radius 2 is 1.96 bits per heavy atom. The largest absolute Gasteiger partial charge is 0.486 e. The van der Waals surface area contributed by atoms with E-state index in [0.29, 0.717) is 19.8 Å². The van der Waals surface area contributed by atoms with Gasteiger partial charge in [-0.2, -0.15) is 0 Å². The van der Waals surface area contributed by atoms with E-state index >= 15 is 0 Å². The molecule has 26 heavy (non-hydrogen) atoms. The number of nitrogens with zero attached hydrogens (tertiary/aromatic N) is 2. The molecule has 2 heterocycles. The number of ether oxygens (including phenoxy) is 2. The highest BCUT2D eigenvalue weighted by Crippen LogP contribution is 2.34. The first-order valence-corrected chi connectivity index (χ1v) is 9.43. The van der Waals surface area contributed by atoms with Crippen LogP contribution < -0.4 is 14.3 Å². The van der Waals surface area contributed by atoms with Crippen LogP contribution in [-0.4, -0.2) is 29.5 Å². The molecule has 0 bridgehead atoms. The number of hydrogen-bond donors (Lipinski definition) is 1. The molecule has 0 atom stereocenters. The molecule has 0 unspecified atom stereocenters. The van der Waals surface area contributed by atoms with Crippen molar-refractivity contribution in [2.24, 2.45) is 4.99 Å². The van der Waals surface area contributed by atoms with E-state index in [0.717, 1.165) is 33.2 Å². The number of rotatable bonds is 4. The van der Waals surface area contributed by atoms with E-state index in [1.807, 2.05) is 41.0 Å². The molecule has 3 aromatic rings. The number of thiazole rings is 1. The molecule has 1 aliphatic heterocycles. The van der Waals surface area contributed by atoms with Crippen LogP contribution in [0.5, 0.6) is 11.5 Å². The second-order valence-electron chi connectivity index (χ2n) is 6.09. The molecule has 0 spiro atoms. The Balaban J connectivity index is 1.79. The van der Waals surface area contributed by atoms with Crippen molar-refractivity contribution < 1.29 is 14.6 Å². The highest BCUT2D eigenvalue weighted by atomic mass is 32.1.